The summed E-state index contributed by atoms with van der Waals surface area (Å²) in [6.45, 7) is 7.85. The van der Waals surface area contributed by atoms with Crippen LogP contribution in [0.1, 0.15) is 51.0 Å². The van der Waals surface area contributed by atoms with E-state index in [9.17, 15) is 0 Å². The molecule has 0 radical (unpaired) electrons. The van der Waals surface area contributed by atoms with Gasteiger partial charge in [0.15, 0.2) is 0 Å². The van der Waals surface area contributed by atoms with Gasteiger partial charge < -0.3 is 10.1 Å². The summed E-state index contributed by atoms with van der Waals surface area (Å²) in [5.41, 5.74) is 0. The zero-order valence-corrected chi connectivity index (χ0v) is 12.3. The van der Waals surface area contributed by atoms with Gasteiger partial charge in [-0.2, -0.15) is 0 Å². The SMILES string of the molecule is CCCNC(c1cc(OC)cs1)C(CC)CC. The van der Waals surface area contributed by atoms with Gasteiger partial charge in [-0.25, -0.2) is 0 Å². The van der Waals surface area contributed by atoms with Crippen LogP contribution in [0.3, 0.4) is 0 Å². The Morgan fingerprint density at radius 3 is 2.47 bits per heavy atom. The van der Waals surface area contributed by atoms with E-state index >= 15 is 0 Å². The number of hydrogen-bond acceptors (Lipinski definition) is 3. The molecule has 0 aliphatic heterocycles. The van der Waals surface area contributed by atoms with Crippen molar-refractivity contribution in [3.05, 3.63) is 16.3 Å². The van der Waals surface area contributed by atoms with Crippen molar-refractivity contribution >= 4 is 11.3 Å². The molecule has 0 aliphatic carbocycles. The Labute approximate surface area is 109 Å². The van der Waals surface area contributed by atoms with E-state index in [4.69, 9.17) is 4.74 Å². The third-order valence-corrected chi connectivity index (χ3v) is 4.27. The van der Waals surface area contributed by atoms with Crippen LogP contribution in [-0.4, -0.2) is 13.7 Å². The molecule has 0 aliphatic rings. The molecule has 17 heavy (non-hydrogen) atoms. The van der Waals surface area contributed by atoms with Crippen LogP contribution >= 0.6 is 11.3 Å². The lowest BCUT2D eigenvalue weighted by atomic mass is 9.93. The molecule has 1 aromatic rings. The van der Waals surface area contributed by atoms with E-state index in [1.165, 1.54) is 24.1 Å². The highest BCUT2D eigenvalue weighted by Gasteiger charge is 2.21. The molecule has 2 nitrogen and oxygen atoms in total. The minimum absolute atomic E-state index is 0.485. The summed E-state index contributed by atoms with van der Waals surface area (Å²) < 4.78 is 5.28. The lowest BCUT2D eigenvalue weighted by Crippen LogP contribution is -2.27. The Morgan fingerprint density at radius 2 is 2.00 bits per heavy atom. The van der Waals surface area contributed by atoms with Crippen molar-refractivity contribution in [3.8, 4) is 5.75 Å². The Bertz CT molecular complexity index is 307. The predicted octanol–water partition coefficient (Wildman–Crippen LogP) is 4.23. The maximum Gasteiger partial charge on any atom is 0.129 e. The van der Waals surface area contributed by atoms with Gasteiger partial charge in [-0.05, 0) is 24.9 Å². The molecule has 0 amide bonds. The molecule has 0 spiro atoms. The smallest absolute Gasteiger partial charge is 0.129 e. The van der Waals surface area contributed by atoms with Gasteiger partial charge in [0.25, 0.3) is 0 Å². The van der Waals surface area contributed by atoms with Crippen molar-refractivity contribution in [2.24, 2.45) is 5.92 Å². The average molecular weight is 255 g/mol. The largest absolute Gasteiger partial charge is 0.496 e. The molecule has 1 rings (SSSR count). The summed E-state index contributed by atoms with van der Waals surface area (Å²) in [7, 11) is 1.73. The minimum atomic E-state index is 0.485. The molecule has 0 aromatic carbocycles. The van der Waals surface area contributed by atoms with Crippen LogP contribution in [0.15, 0.2) is 11.4 Å². The topological polar surface area (TPSA) is 21.3 Å². The molecular formula is C14H25NOS. The van der Waals surface area contributed by atoms with E-state index in [1.54, 1.807) is 18.4 Å². The van der Waals surface area contributed by atoms with Gasteiger partial charge >= 0.3 is 0 Å². The number of ether oxygens (including phenoxy) is 1. The quantitative estimate of drug-likeness (QED) is 0.750. The molecule has 1 heterocycles. The van der Waals surface area contributed by atoms with E-state index in [2.05, 4.69) is 37.5 Å². The fourth-order valence-corrected chi connectivity index (χ4v) is 3.19. The van der Waals surface area contributed by atoms with E-state index in [1.807, 2.05) is 0 Å². The van der Waals surface area contributed by atoms with Gasteiger partial charge in [0, 0.05) is 16.3 Å². The van der Waals surface area contributed by atoms with Crippen LogP contribution in [0.25, 0.3) is 0 Å². The molecule has 3 heteroatoms. The van der Waals surface area contributed by atoms with Crippen molar-refractivity contribution in [1.82, 2.24) is 5.32 Å². The fourth-order valence-electron chi connectivity index (χ4n) is 2.16. The maximum absolute atomic E-state index is 5.28. The first-order valence-electron chi connectivity index (χ1n) is 6.62. The second-order valence-corrected chi connectivity index (χ2v) is 5.34. The first-order chi connectivity index (χ1) is 8.26. The van der Waals surface area contributed by atoms with Gasteiger partial charge in [0.2, 0.25) is 0 Å². The van der Waals surface area contributed by atoms with Crippen molar-refractivity contribution in [2.75, 3.05) is 13.7 Å². The van der Waals surface area contributed by atoms with Crippen LogP contribution in [0.4, 0.5) is 0 Å². The second kappa shape index (κ2) is 7.72. The molecule has 0 bridgehead atoms. The van der Waals surface area contributed by atoms with Crippen LogP contribution in [-0.2, 0) is 0 Å². The molecule has 0 saturated carbocycles. The Hall–Kier alpha value is -0.540. The van der Waals surface area contributed by atoms with Gasteiger partial charge in [0.1, 0.15) is 5.75 Å². The average Bonchev–Trinajstić information content (AvgIpc) is 2.83. The second-order valence-electron chi connectivity index (χ2n) is 4.40. The van der Waals surface area contributed by atoms with E-state index in [0.29, 0.717) is 12.0 Å². The molecule has 1 atom stereocenters. The Morgan fingerprint density at radius 1 is 1.29 bits per heavy atom. The summed E-state index contributed by atoms with van der Waals surface area (Å²) in [5.74, 6) is 1.70. The highest BCUT2D eigenvalue weighted by molar-refractivity contribution is 7.10. The molecule has 1 aromatic heterocycles. The Kier molecular flexibility index (Phi) is 6.60. The molecule has 0 fully saturated rings. The molecule has 1 unspecified atom stereocenters. The summed E-state index contributed by atoms with van der Waals surface area (Å²) >= 11 is 1.80. The van der Waals surface area contributed by atoms with Crippen molar-refractivity contribution < 1.29 is 4.74 Å². The van der Waals surface area contributed by atoms with E-state index < -0.39 is 0 Å². The van der Waals surface area contributed by atoms with Crippen molar-refractivity contribution in [2.45, 2.75) is 46.1 Å². The van der Waals surface area contributed by atoms with Crippen molar-refractivity contribution in [1.29, 1.82) is 0 Å². The summed E-state index contributed by atoms with van der Waals surface area (Å²) in [4.78, 5) is 1.41. The number of thiophene rings is 1. The van der Waals surface area contributed by atoms with Gasteiger partial charge in [-0.1, -0.05) is 33.6 Å². The maximum atomic E-state index is 5.28. The zero-order valence-electron chi connectivity index (χ0n) is 11.5. The van der Waals surface area contributed by atoms with E-state index in [-0.39, 0.29) is 0 Å². The summed E-state index contributed by atoms with van der Waals surface area (Å²) in [5, 5.41) is 5.78. The predicted molar refractivity (Wildman–Crippen MR) is 76.0 cm³/mol. The summed E-state index contributed by atoms with van der Waals surface area (Å²) in [6, 6.07) is 2.66. The third-order valence-electron chi connectivity index (χ3n) is 3.27. The minimum Gasteiger partial charge on any atom is -0.496 e. The van der Waals surface area contributed by atoms with Gasteiger partial charge in [-0.15, -0.1) is 11.3 Å². The standard InChI is InChI=1S/C14H25NOS/c1-5-8-15-14(11(6-2)7-3)13-9-12(16-4)10-17-13/h9-11,14-15H,5-8H2,1-4H3. The molecular weight excluding hydrogens is 230 g/mol. The molecule has 1 N–H and O–H groups in total. The number of methoxy groups -OCH3 is 1. The van der Waals surface area contributed by atoms with Crippen LogP contribution in [0.2, 0.25) is 0 Å². The van der Waals surface area contributed by atoms with Crippen LogP contribution in [0, 0.1) is 5.92 Å². The number of hydrogen-bond donors (Lipinski definition) is 1. The van der Waals surface area contributed by atoms with Crippen molar-refractivity contribution in [3.63, 3.8) is 0 Å². The van der Waals surface area contributed by atoms with Gasteiger partial charge in [0.05, 0.1) is 7.11 Å². The highest BCUT2D eigenvalue weighted by atomic mass is 32.1. The normalized spacial score (nSPS) is 13.0. The first kappa shape index (κ1) is 14.5. The number of rotatable bonds is 8. The third kappa shape index (κ3) is 4.00. The summed E-state index contributed by atoms with van der Waals surface area (Å²) in [6.07, 6.45) is 3.62. The monoisotopic (exact) mass is 255 g/mol. The van der Waals surface area contributed by atoms with Gasteiger partial charge in [-0.3, -0.25) is 0 Å². The Balaban J connectivity index is 2.80. The fraction of sp³-hybridized carbons (Fsp3) is 0.714. The molecule has 0 saturated heterocycles. The highest BCUT2D eigenvalue weighted by Crippen LogP contribution is 2.33. The lowest BCUT2D eigenvalue weighted by Gasteiger charge is -2.25. The first-order valence-corrected chi connectivity index (χ1v) is 7.50. The van der Waals surface area contributed by atoms with E-state index in [0.717, 1.165) is 12.3 Å². The molecule has 98 valence electrons. The number of nitrogens with one attached hydrogen (secondary N) is 1. The van der Waals surface area contributed by atoms with Crippen LogP contribution in [0.5, 0.6) is 5.75 Å². The lowest BCUT2D eigenvalue weighted by molar-refractivity contribution is 0.345. The van der Waals surface area contributed by atoms with Crippen LogP contribution < -0.4 is 10.1 Å². The zero-order chi connectivity index (χ0) is 12.7.